The Labute approximate surface area is 145 Å². The number of nitrogens with zero attached hydrogens (tertiary/aromatic N) is 1. The van der Waals surface area contributed by atoms with E-state index in [2.05, 4.69) is 31.7 Å². The van der Waals surface area contributed by atoms with E-state index in [-0.39, 0.29) is 18.1 Å². The molecule has 0 aliphatic carbocycles. The molecule has 0 spiro atoms. The van der Waals surface area contributed by atoms with Crippen LogP contribution in [0.2, 0.25) is 0 Å². The summed E-state index contributed by atoms with van der Waals surface area (Å²) in [5.41, 5.74) is 0.705. The monoisotopic (exact) mass is 389 g/mol. The van der Waals surface area contributed by atoms with Gasteiger partial charge in [0, 0.05) is 16.2 Å². The average molecular weight is 390 g/mol. The van der Waals surface area contributed by atoms with Crippen LogP contribution in [0.25, 0.3) is 11.5 Å². The highest BCUT2D eigenvalue weighted by molar-refractivity contribution is 9.10. The van der Waals surface area contributed by atoms with Crippen LogP contribution in [-0.2, 0) is 4.79 Å². The zero-order valence-electron chi connectivity index (χ0n) is 12.3. The lowest BCUT2D eigenvalue weighted by atomic mass is 10.3. The summed E-state index contributed by atoms with van der Waals surface area (Å²) in [5, 5.41) is 8.81. The van der Waals surface area contributed by atoms with Gasteiger partial charge in [-0.05, 0) is 36.4 Å². The first-order valence-electron chi connectivity index (χ1n) is 6.96. The minimum atomic E-state index is -0.512. The van der Waals surface area contributed by atoms with Gasteiger partial charge in [0.1, 0.15) is 0 Å². The molecule has 2 heterocycles. The summed E-state index contributed by atoms with van der Waals surface area (Å²) in [6.07, 6.45) is 1.49. The van der Waals surface area contributed by atoms with Crippen molar-refractivity contribution in [2.24, 2.45) is 0 Å². The largest absolute Gasteiger partial charge is 0.461 e. The normalized spacial score (nSPS) is 10.4. The summed E-state index contributed by atoms with van der Waals surface area (Å²) in [7, 11) is 0. The number of hydrogen-bond acceptors (Lipinski definition) is 5. The zero-order chi connectivity index (χ0) is 16.9. The molecule has 8 heteroatoms. The molecule has 0 saturated heterocycles. The Morgan fingerprint density at radius 3 is 2.62 bits per heavy atom. The van der Waals surface area contributed by atoms with Crippen molar-refractivity contribution >= 4 is 33.4 Å². The van der Waals surface area contributed by atoms with E-state index in [4.69, 9.17) is 8.94 Å². The van der Waals surface area contributed by atoms with E-state index in [0.29, 0.717) is 17.2 Å². The molecule has 122 valence electrons. The number of furan rings is 1. The van der Waals surface area contributed by atoms with Gasteiger partial charge in [0.25, 0.3) is 5.91 Å². The van der Waals surface area contributed by atoms with E-state index in [1.54, 1.807) is 36.4 Å². The Kier molecular flexibility index (Phi) is 4.76. The summed E-state index contributed by atoms with van der Waals surface area (Å²) in [4.78, 5) is 23.8. The standard InChI is InChI=1S/C16H12BrN3O4/c17-10-3-5-11(6-4-10)19-15(21)9-18-16(22)12-8-14(24-20-12)13-2-1-7-23-13/h1-8H,9H2,(H,18,22)(H,19,21). The van der Waals surface area contributed by atoms with Crippen LogP contribution >= 0.6 is 15.9 Å². The SMILES string of the molecule is O=C(CNC(=O)c1cc(-c2ccco2)on1)Nc1ccc(Br)cc1. The minimum Gasteiger partial charge on any atom is -0.461 e. The topological polar surface area (TPSA) is 97.4 Å². The number of halogens is 1. The highest BCUT2D eigenvalue weighted by atomic mass is 79.9. The van der Waals surface area contributed by atoms with Gasteiger partial charge < -0.3 is 19.6 Å². The lowest BCUT2D eigenvalue weighted by molar-refractivity contribution is -0.115. The highest BCUT2D eigenvalue weighted by Crippen LogP contribution is 2.20. The number of aromatic nitrogens is 1. The summed E-state index contributed by atoms with van der Waals surface area (Å²) in [5.74, 6) is -0.0538. The fourth-order valence-electron chi connectivity index (χ4n) is 1.91. The molecule has 3 rings (SSSR count). The third-order valence-electron chi connectivity index (χ3n) is 3.04. The first kappa shape index (κ1) is 16.0. The molecule has 24 heavy (non-hydrogen) atoms. The second-order valence-electron chi connectivity index (χ2n) is 4.79. The smallest absolute Gasteiger partial charge is 0.273 e. The molecule has 0 radical (unpaired) electrons. The van der Waals surface area contributed by atoms with Gasteiger partial charge >= 0.3 is 0 Å². The van der Waals surface area contributed by atoms with Crippen molar-refractivity contribution in [3.63, 3.8) is 0 Å². The molecule has 2 aromatic heterocycles. The highest BCUT2D eigenvalue weighted by Gasteiger charge is 2.15. The van der Waals surface area contributed by atoms with Crippen LogP contribution in [0.5, 0.6) is 0 Å². The van der Waals surface area contributed by atoms with Crippen molar-refractivity contribution < 1.29 is 18.5 Å². The fourth-order valence-corrected chi connectivity index (χ4v) is 2.17. The number of nitrogens with one attached hydrogen (secondary N) is 2. The first-order chi connectivity index (χ1) is 11.6. The summed E-state index contributed by atoms with van der Waals surface area (Å²) >= 11 is 3.31. The average Bonchev–Trinajstić information content (AvgIpc) is 3.25. The molecule has 1 aromatic carbocycles. The fraction of sp³-hybridized carbons (Fsp3) is 0.0625. The number of carbonyl (C=O) groups is 2. The van der Waals surface area contributed by atoms with Crippen molar-refractivity contribution in [3.05, 3.63) is 58.9 Å². The van der Waals surface area contributed by atoms with Gasteiger partial charge in [0.15, 0.2) is 11.5 Å². The third-order valence-corrected chi connectivity index (χ3v) is 3.57. The van der Waals surface area contributed by atoms with Crippen LogP contribution in [0.1, 0.15) is 10.5 Å². The van der Waals surface area contributed by atoms with E-state index < -0.39 is 5.91 Å². The number of rotatable bonds is 5. The molecule has 3 aromatic rings. The lowest BCUT2D eigenvalue weighted by Gasteiger charge is -2.05. The number of benzene rings is 1. The van der Waals surface area contributed by atoms with E-state index >= 15 is 0 Å². The van der Waals surface area contributed by atoms with Crippen molar-refractivity contribution in [1.29, 1.82) is 0 Å². The zero-order valence-corrected chi connectivity index (χ0v) is 13.9. The van der Waals surface area contributed by atoms with Gasteiger partial charge in [0.05, 0.1) is 12.8 Å². The number of carbonyl (C=O) groups excluding carboxylic acids is 2. The van der Waals surface area contributed by atoms with Crippen LogP contribution in [-0.4, -0.2) is 23.5 Å². The van der Waals surface area contributed by atoms with Gasteiger partial charge in [0.2, 0.25) is 11.7 Å². The molecule has 0 unspecified atom stereocenters. The van der Waals surface area contributed by atoms with Crippen LogP contribution < -0.4 is 10.6 Å². The molecule has 0 aliphatic heterocycles. The maximum Gasteiger partial charge on any atom is 0.273 e. The minimum absolute atomic E-state index is 0.0674. The molecular weight excluding hydrogens is 378 g/mol. The molecule has 2 N–H and O–H groups in total. The molecule has 7 nitrogen and oxygen atoms in total. The Hall–Kier alpha value is -2.87. The summed E-state index contributed by atoms with van der Waals surface area (Å²) in [6, 6.07) is 11.9. The third kappa shape index (κ3) is 3.90. The number of anilines is 1. The Balaban J connectivity index is 1.53. The number of hydrogen-bond donors (Lipinski definition) is 2. The predicted molar refractivity (Wildman–Crippen MR) is 89.3 cm³/mol. The lowest BCUT2D eigenvalue weighted by Crippen LogP contribution is -2.33. The van der Waals surface area contributed by atoms with Crippen LogP contribution in [0.15, 0.2) is 62.1 Å². The van der Waals surface area contributed by atoms with Crippen LogP contribution in [0.4, 0.5) is 5.69 Å². The van der Waals surface area contributed by atoms with Gasteiger partial charge in [-0.25, -0.2) is 0 Å². The first-order valence-corrected chi connectivity index (χ1v) is 7.75. The van der Waals surface area contributed by atoms with Gasteiger partial charge in [-0.15, -0.1) is 0 Å². The molecule has 0 aliphatic rings. The quantitative estimate of drug-likeness (QED) is 0.698. The van der Waals surface area contributed by atoms with E-state index in [1.165, 1.54) is 12.3 Å². The van der Waals surface area contributed by atoms with Crippen molar-refractivity contribution in [1.82, 2.24) is 10.5 Å². The molecule has 0 saturated carbocycles. The Morgan fingerprint density at radius 1 is 1.12 bits per heavy atom. The van der Waals surface area contributed by atoms with Crippen molar-refractivity contribution in [2.75, 3.05) is 11.9 Å². The van der Waals surface area contributed by atoms with Crippen LogP contribution in [0, 0.1) is 0 Å². The van der Waals surface area contributed by atoms with Crippen LogP contribution in [0.3, 0.4) is 0 Å². The molecule has 2 amide bonds. The summed E-state index contributed by atoms with van der Waals surface area (Å²) in [6.45, 7) is -0.183. The second-order valence-corrected chi connectivity index (χ2v) is 5.71. The molecule has 0 bridgehead atoms. The van der Waals surface area contributed by atoms with Gasteiger partial charge in [-0.1, -0.05) is 21.1 Å². The Bertz CT molecular complexity index is 841. The van der Waals surface area contributed by atoms with Gasteiger partial charge in [-0.2, -0.15) is 0 Å². The second kappa shape index (κ2) is 7.14. The summed E-state index contributed by atoms with van der Waals surface area (Å²) < 4.78 is 11.1. The predicted octanol–water partition coefficient (Wildman–Crippen LogP) is 3.07. The van der Waals surface area contributed by atoms with E-state index in [0.717, 1.165) is 4.47 Å². The molecule has 0 fully saturated rings. The van der Waals surface area contributed by atoms with E-state index in [1.807, 2.05) is 0 Å². The van der Waals surface area contributed by atoms with Crippen molar-refractivity contribution in [2.45, 2.75) is 0 Å². The molecular formula is C16H12BrN3O4. The van der Waals surface area contributed by atoms with Crippen molar-refractivity contribution in [3.8, 4) is 11.5 Å². The van der Waals surface area contributed by atoms with E-state index in [9.17, 15) is 9.59 Å². The Morgan fingerprint density at radius 2 is 1.92 bits per heavy atom. The van der Waals surface area contributed by atoms with Gasteiger partial charge in [-0.3, -0.25) is 9.59 Å². The maximum atomic E-state index is 12.0. The number of amides is 2. The molecule has 0 atom stereocenters. The maximum absolute atomic E-state index is 12.0.